The van der Waals surface area contributed by atoms with Gasteiger partial charge < -0.3 is 29.9 Å². The van der Waals surface area contributed by atoms with Crippen LogP contribution in [0.15, 0.2) is 12.1 Å². The van der Waals surface area contributed by atoms with E-state index in [1.54, 1.807) is 0 Å². The largest absolute Gasteiger partial charge is 0.489 e. The molecule has 1 amide bonds. The lowest BCUT2D eigenvalue weighted by atomic mass is 9.78. The van der Waals surface area contributed by atoms with E-state index in [4.69, 9.17) is 38.4 Å². The molecule has 2 aromatic carbocycles. The highest BCUT2D eigenvalue weighted by molar-refractivity contribution is 7.23. The van der Waals surface area contributed by atoms with Gasteiger partial charge in [-0.1, -0.05) is 17.7 Å². The Morgan fingerprint density at radius 1 is 1.19 bits per heavy atom. The molecule has 5 atom stereocenters. The Bertz CT molecular complexity index is 2200. The van der Waals surface area contributed by atoms with Gasteiger partial charge in [0.05, 0.1) is 27.2 Å². The van der Waals surface area contributed by atoms with Crippen molar-refractivity contribution in [1.82, 2.24) is 19.8 Å². The van der Waals surface area contributed by atoms with E-state index >= 15 is 8.78 Å². The number of hydrogen-bond donors (Lipinski definition) is 1. The second-order valence-electron chi connectivity index (χ2n) is 14.2. The van der Waals surface area contributed by atoms with Gasteiger partial charge in [0, 0.05) is 42.5 Å². The van der Waals surface area contributed by atoms with Crippen molar-refractivity contribution in [2.75, 3.05) is 50.5 Å². The van der Waals surface area contributed by atoms with Crippen molar-refractivity contribution in [2.24, 2.45) is 5.92 Å². The normalized spacial score (nSPS) is 23.8. The second-order valence-corrected chi connectivity index (χ2v) is 15.6. The summed E-state index contributed by atoms with van der Waals surface area (Å²) >= 11 is 8.01. The summed E-state index contributed by atoms with van der Waals surface area (Å²) in [4.78, 5) is 32.9. The van der Waals surface area contributed by atoms with E-state index in [0.29, 0.717) is 31.9 Å². The first-order chi connectivity index (χ1) is 25.1. The number of anilines is 2. The van der Waals surface area contributed by atoms with Crippen LogP contribution in [0.5, 0.6) is 11.8 Å². The number of nitrogens with two attached hydrogens (primary N) is 1. The molecule has 3 aliphatic heterocycles. The second kappa shape index (κ2) is 13.5. The lowest BCUT2D eigenvalue weighted by molar-refractivity contribution is -0.139. The minimum Gasteiger partial charge on any atom is -0.489 e. The van der Waals surface area contributed by atoms with E-state index in [2.05, 4.69) is 14.7 Å². The van der Waals surface area contributed by atoms with Crippen LogP contribution in [0.2, 0.25) is 5.02 Å². The zero-order valence-corrected chi connectivity index (χ0v) is 30.4. The smallest absolute Gasteiger partial charge is 0.319 e. The van der Waals surface area contributed by atoms with Crippen molar-refractivity contribution in [3.63, 3.8) is 0 Å². The highest BCUT2D eigenvalue weighted by Crippen LogP contribution is 2.51. The summed E-state index contributed by atoms with van der Waals surface area (Å²) < 4.78 is 45.3. The molecule has 5 heterocycles. The standard InChI is InChI=1S/C37H37ClF2N8O3S/c1-18(25-7-5-12-46(25)3)51-37-44-31-28-32(29(38)27(30(31)40)21-8-10-23(39)33-26(21)22(16-41)34(42)52-33)50-15-14-48(35(28)45-37)19-6-4-13-47(17-19)36(49)20-9-11-24(20)43-2/h8,10,18-20,24-25H,4-7,9,11-15,17,42H2,1,3H3/t18-,19?,20?,24+,25-/m0/s1. The molecular weight excluding hydrogens is 710 g/mol. The maximum absolute atomic E-state index is 17.4. The van der Waals surface area contributed by atoms with E-state index in [-0.39, 0.29) is 102 Å². The molecule has 2 N–H and O–H groups in total. The lowest BCUT2D eigenvalue weighted by Crippen LogP contribution is -2.54. The van der Waals surface area contributed by atoms with E-state index in [9.17, 15) is 10.1 Å². The summed E-state index contributed by atoms with van der Waals surface area (Å²) in [5.74, 6) is -1.12. The molecular formula is C37H37ClF2N8O3S. The van der Waals surface area contributed by atoms with Gasteiger partial charge in [-0.05, 0) is 64.3 Å². The number of aromatic nitrogens is 2. The molecule has 11 nitrogen and oxygen atoms in total. The van der Waals surface area contributed by atoms with Gasteiger partial charge in [0.1, 0.15) is 46.9 Å². The number of benzene rings is 2. The fourth-order valence-electron chi connectivity index (χ4n) is 8.43. The third-order valence-corrected chi connectivity index (χ3v) is 12.7. The Morgan fingerprint density at radius 2 is 2.00 bits per heavy atom. The predicted molar refractivity (Wildman–Crippen MR) is 196 cm³/mol. The molecule has 3 fully saturated rings. The molecule has 1 saturated carbocycles. The number of carbonyl (C=O) groups is 1. The SMILES string of the molecule is [C-]#[N+][C@@H]1CCC1C(=O)N1CCCC(N2CCOc3c(Cl)c(-c4ccc(F)c5sc(N)c(C#N)c45)c(F)c4nc(O[C@@H](C)[C@@H]5CCCN5C)nc2c34)C1. The van der Waals surface area contributed by atoms with Crippen LogP contribution in [0.25, 0.3) is 37.0 Å². The van der Waals surface area contributed by atoms with Gasteiger partial charge in [0.15, 0.2) is 11.6 Å². The first-order valence-electron chi connectivity index (χ1n) is 17.7. The Labute approximate surface area is 308 Å². The number of halogens is 3. The van der Waals surface area contributed by atoms with Crippen LogP contribution < -0.4 is 20.1 Å². The van der Waals surface area contributed by atoms with E-state index in [0.717, 1.165) is 50.0 Å². The number of hydrogen-bond acceptors (Lipinski definition) is 10. The summed E-state index contributed by atoms with van der Waals surface area (Å²) in [5, 5.41) is 10.5. The van der Waals surface area contributed by atoms with Crippen molar-refractivity contribution in [3.05, 3.63) is 45.8 Å². The average molecular weight is 747 g/mol. The fraction of sp³-hybridized carbons (Fsp3) is 0.486. The minimum atomic E-state index is -0.800. The fourth-order valence-corrected chi connectivity index (χ4v) is 9.71. The molecule has 2 saturated heterocycles. The molecule has 4 aliphatic rings. The quantitative estimate of drug-likeness (QED) is 0.216. The lowest BCUT2D eigenvalue weighted by Gasteiger charge is -2.41. The molecule has 0 radical (unpaired) electrons. The summed E-state index contributed by atoms with van der Waals surface area (Å²) in [7, 11) is 2.04. The van der Waals surface area contributed by atoms with Gasteiger partial charge in [0.2, 0.25) is 11.9 Å². The first-order valence-corrected chi connectivity index (χ1v) is 18.9. The van der Waals surface area contributed by atoms with Crippen LogP contribution in [0, 0.1) is 35.5 Å². The minimum absolute atomic E-state index is 0.00457. The number of piperidine rings is 1. The van der Waals surface area contributed by atoms with Gasteiger partial charge in [-0.25, -0.2) is 15.4 Å². The Balaban J connectivity index is 1.29. The number of ether oxygens (including phenoxy) is 2. The number of likely N-dealkylation sites (tertiary alicyclic amines) is 2. The molecule has 15 heteroatoms. The third kappa shape index (κ3) is 5.54. The molecule has 8 rings (SSSR count). The number of rotatable bonds is 6. The van der Waals surface area contributed by atoms with E-state index in [1.165, 1.54) is 12.1 Å². The number of carbonyl (C=O) groups excluding carboxylic acids is 1. The van der Waals surface area contributed by atoms with Crippen LogP contribution in [0.4, 0.5) is 19.6 Å². The third-order valence-electron chi connectivity index (χ3n) is 11.3. The number of fused-ring (bicyclic) bond motifs is 1. The number of nitriles is 1. The maximum atomic E-state index is 17.4. The molecule has 52 heavy (non-hydrogen) atoms. The van der Waals surface area contributed by atoms with Crippen molar-refractivity contribution in [1.29, 1.82) is 5.26 Å². The number of amides is 1. The molecule has 0 bridgehead atoms. The Hall–Kier alpha value is -4.50. The van der Waals surface area contributed by atoms with Gasteiger partial charge >= 0.3 is 6.01 Å². The zero-order chi connectivity index (χ0) is 36.4. The van der Waals surface area contributed by atoms with Gasteiger partial charge in [-0.15, -0.1) is 11.3 Å². The van der Waals surface area contributed by atoms with Gasteiger partial charge in [-0.2, -0.15) is 15.2 Å². The number of thiophene rings is 1. The van der Waals surface area contributed by atoms with Crippen molar-refractivity contribution in [3.8, 4) is 29.0 Å². The molecule has 270 valence electrons. The number of nitrogen functional groups attached to an aromatic ring is 1. The topological polar surface area (TPSA) is 125 Å². The monoisotopic (exact) mass is 746 g/mol. The molecule has 1 aliphatic carbocycles. The van der Waals surface area contributed by atoms with Crippen molar-refractivity contribution in [2.45, 2.75) is 69.7 Å². The molecule has 0 spiro atoms. The highest BCUT2D eigenvalue weighted by Gasteiger charge is 2.45. The Kier molecular flexibility index (Phi) is 8.97. The Morgan fingerprint density at radius 3 is 2.71 bits per heavy atom. The first kappa shape index (κ1) is 34.6. The van der Waals surface area contributed by atoms with Crippen LogP contribution in [0.3, 0.4) is 0 Å². The van der Waals surface area contributed by atoms with E-state index in [1.807, 2.05) is 29.8 Å². The number of nitrogens with zero attached hydrogens (tertiary/aromatic N) is 7. The average Bonchev–Trinajstić information content (AvgIpc) is 3.64. The van der Waals surface area contributed by atoms with Crippen LogP contribution in [-0.2, 0) is 4.79 Å². The van der Waals surface area contributed by atoms with Crippen LogP contribution in [-0.4, -0.2) is 89.7 Å². The predicted octanol–water partition coefficient (Wildman–Crippen LogP) is 6.65. The van der Waals surface area contributed by atoms with Crippen LogP contribution >= 0.6 is 22.9 Å². The molecule has 2 unspecified atom stereocenters. The summed E-state index contributed by atoms with van der Waals surface area (Å²) in [6, 6.07) is 4.28. The highest BCUT2D eigenvalue weighted by atomic mass is 35.5. The number of likely N-dealkylation sites (N-methyl/N-ethyl adjacent to an activating group) is 1. The molecule has 2 aromatic heterocycles. The molecule has 4 aromatic rings. The van der Waals surface area contributed by atoms with Gasteiger partial charge in [0.25, 0.3) is 0 Å². The van der Waals surface area contributed by atoms with Gasteiger partial charge in [-0.3, -0.25) is 9.69 Å². The summed E-state index contributed by atoms with van der Waals surface area (Å²) in [5.41, 5.74) is 6.16. The maximum Gasteiger partial charge on any atom is 0.319 e. The summed E-state index contributed by atoms with van der Waals surface area (Å²) in [6.07, 6.45) is 4.60. The zero-order valence-electron chi connectivity index (χ0n) is 28.8. The summed E-state index contributed by atoms with van der Waals surface area (Å²) in [6.45, 7) is 11.9. The van der Waals surface area contributed by atoms with Crippen molar-refractivity contribution < 1.29 is 23.0 Å². The van der Waals surface area contributed by atoms with Crippen LogP contribution in [0.1, 0.15) is 51.0 Å². The van der Waals surface area contributed by atoms with Crippen molar-refractivity contribution >= 4 is 60.7 Å². The van der Waals surface area contributed by atoms with E-state index < -0.39 is 11.6 Å².